The first kappa shape index (κ1) is 16.5. The first-order valence-corrected chi connectivity index (χ1v) is 7.44. The quantitative estimate of drug-likeness (QED) is 0.812. The number of aryl methyl sites for hydroxylation is 1. The van der Waals surface area contributed by atoms with E-state index in [-0.39, 0.29) is 11.9 Å². The van der Waals surface area contributed by atoms with Crippen LogP contribution >= 0.6 is 0 Å². The van der Waals surface area contributed by atoms with E-state index in [2.05, 4.69) is 16.0 Å². The summed E-state index contributed by atoms with van der Waals surface area (Å²) >= 11 is 0. The Balaban J connectivity index is 2.03. The zero-order valence-electron chi connectivity index (χ0n) is 13.6. The Morgan fingerprint density at radius 1 is 1.00 bits per heavy atom. The molecule has 3 amide bonds. The van der Waals surface area contributed by atoms with Crippen LogP contribution < -0.4 is 16.0 Å². The van der Waals surface area contributed by atoms with Crippen molar-refractivity contribution in [1.82, 2.24) is 10.6 Å². The van der Waals surface area contributed by atoms with Gasteiger partial charge in [0.1, 0.15) is 0 Å². The minimum atomic E-state index is -0.301. The lowest BCUT2D eigenvalue weighted by Crippen LogP contribution is -2.29. The maximum Gasteiger partial charge on any atom is 0.319 e. The van der Waals surface area contributed by atoms with E-state index in [0.29, 0.717) is 17.8 Å². The van der Waals surface area contributed by atoms with E-state index in [1.807, 2.05) is 38.1 Å². The van der Waals surface area contributed by atoms with Crippen LogP contribution in [0, 0.1) is 13.8 Å². The number of anilines is 1. The molecule has 23 heavy (non-hydrogen) atoms. The van der Waals surface area contributed by atoms with E-state index in [1.54, 1.807) is 25.2 Å². The summed E-state index contributed by atoms with van der Waals surface area (Å²) in [6.07, 6.45) is 0. The zero-order valence-corrected chi connectivity index (χ0v) is 13.6. The number of amides is 3. The molecule has 0 atom stereocenters. The highest BCUT2D eigenvalue weighted by Gasteiger charge is 2.11. The average Bonchev–Trinajstić information content (AvgIpc) is 2.55. The van der Waals surface area contributed by atoms with Gasteiger partial charge in [-0.05, 0) is 42.7 Å². The summed E-state index contributed by atoms with van der Waals surface area (Å²) in [4.78, 5) is 23.9. The molecule has 2 rings (SSSR count). The van der Waals surface area contributed by atoms with Crippen molar-refractivity contribution in [2.45, 2.75) is 20.4 Å². The predicted molar refractivity (Wildman–Crippen MR) is 91.6 cm³/mol. The third-order valence-electron chi connectivity index (χ3n) is 3.75. The molecule has 0 unspecified atom stereocenters. The van der Waals surface area contributed by atoms with Crippen molar-refractivity contribution in [1.29, 1.82) is 0 Å². The largest absolute Gasteiger partial charge is 0.355 e. The molecule has 0 aliphatic rings. The van der Waals surface area contributed by atoms with Crippen molar-refractivity contribution in [3.63, 3.8) is 0 Å². The third-order valence-corrected chi connectivity index (χ3v) is 3.75. The van der Waals surface area contributed by atoms with Crippen LogP contribution in [0.1, 0.15) is 27.0 Å². The van der Waals surface area contributed by atoms with Gasteiger partial charge in [0.25, 0.3) is 5.91 Å². The minimum absolute atomic E-state index is 0.175. The lowest BCUT2D eigenvalue weighted by molar-refractivity contribution is 0.0962. The average molecular weight is 311 g/mol. The zero-order chi connectivity index (χ0) is 16.8. The summed E-state index contributed by atoms with van der Waals surface area (Å²) in [5, 5.41) is 8.21. The molecule has 0 saturated carbocycles. The third kappa shape index (κ3) is 4.10. The fourth-order valence-corrected chi connectivity index (χ4v) is 2.30. The Kier molecular flexibility index (Phi) is 5.36. The number of rotatable bonds is 4. The van der Waals surface area contributed by atoms with E-state index in [9.17, 15) is 9.59 Å². The first-order chi connectivity index (χ1) is 11.0. The molecule has 0 aliphatic carbocycles. The highest BCUT2D eigenvalue weighted by Crippen LogP contribution is 2.18. The van der Waals surface area contributed by atoms with Crippen LogP contribution in [0.15, 0.2) is 42.5 Å². The van der Waals surface area contributed by atoms with E-state index in [1.165, 1.54) is 0 Å². The summed E-state index contributed by atoms with van der Waals surface area (Å²) in [5.41, 5.74) is 4.10. The topological polar surface area (TPSA) is 70.2 Å². The molecule has 0 aliphatic heterocycles. The van der Waals surface area contributed by atoms with Gasteiger partial charge in [-0.15, -0.1) is 0 Å². The summed E-state index contributed by atoms with van der Waals surface area (Å²) in [6.45, 7) is 4.26. The number of hydrogen-bond acceptors (Lipinski definition) is 2. The highest BCUT2D eigenvalue weighted by molar-refractivity contribution is 5.98. The van der Waals surface area contributed by atoms with E-state index >= 15 is 0 Å². The normalized spacial score (nSPS) is 10.0. The molecule has 5 heteroatoms. The molecule has 5 nitrogen and oxygen atoms in total. The highest BCUT2D eigenvalue weighted by atomic mass is 16.2. The van der Waals surface area contributed by atoms with Crippen LogP contribution in [0.4, 0.5) is 10.5 Å². The molecule has 0 heterocycles. The Morgan fingerprint density at radius 2 is 1.74 bits per heavy atom. The van der Waals surface area contributed by atoms with Crippen molar-refractivity contribution in [2.24, 2.45) is 0 Å². The molecule has 0 fully saturated rings. The smallest absolute Gasteiger partial charge is 0.319 e. The summed E-state index contributed by atoms with van der Waals surface area (Å²) in [5.74, 6) is -0.175. The SMILES string of the molecule is CNC(=O)c1cccc(NC(=O)NCc2ccccc2C)c1C. The Labute approximate surface area is 136 Å². The fraction of sp³-hybridized carbons (Fsp3) is 0.222. The van der Waals surface area contributed by atoms with Crippen molar-refractivity contribution in [3.05, 3.63) is 64.7 Å². The Morgan fingerprint density at radius 3 is 2.43 bits per heavy atom. The van der Waals surface area contributed by atoms with Gasteiger partial charge in [-0.3, -0.25) is 4.79 Å². The van der Waals surface area contributed by atoms with Crippen LogP contribution in [-0.2, 0) is 6.54 Å². The number of carbonyl (C=O) groups excluding carboxylic acids is 2. The molecule has 3 N–H and O–H groups in total. The lowest BCUT2D eigenvalue weighted by atomic mass is 10.1. The van der Waals surface area contributed by atoms with Gasteiger partial charge in [0.05, 0.1) is 0 Å². The maximum atomic E-state index is 12.1. The van der Waals surface area contributed by atoms with E-state index in [0.717, 1.165) is 16.7 Å². The van der Waals surface area contributed by atoms with Crippen LogP contribution in [0.25, 0.3) is 0 Å². The first-order valence-electron chi connectivity index (χ1n) is 7.44. The van der Waals surface area contributed by atoms with Gasteiger partial charge in [0, 0.05) is 24.8 Å². The standard InChI is InChI=1S/C18H21N3O2/c1-12-7-4-5-8-14(12)11-20-18(23)21-16-10-6-9-15(13(16)2)17(22)19-3/h4-10H,11H2,1-3H3,(H,19,22)(H2,20,21,23). The second-order valence-electron chi connectivity index (χ2n) is 5.29. The van der Waals surface area contributed by atoms with Crippen molar-refractivity contribution < 1.29 is 9.59 Å². The molecule has 0 aromatic heterocycles. The Bertz CT molecular complexity index is 726. The molecule has 0 bridgehead atoms. The number of carbonyl (C=O) groups is 2. The van der Waals surface area contributed by atoms with Gasteiger partial charge >= 0.3 is 6.03 Å². The minimum Gasteiger partial charge on any atom is -0.355 e. The molecule has 120 valence electrons. The van der Waals surface area contributed by atoms with Crippen LogP contribution in [0.3, 0.4) is 0 Å². The molecule has 0 spiro atoms. The van der Waals surface area contributed by atoms with Gasteiger partial charge in [0.2, 0.25) is 0 Å². The maximum absolute atomic E-state index is 12.1. The van der Waals surface area contributed by atoms with Crippen molar-refractivity contribution in [2.75, 3.05) is 12.4 Å². The molecule has 2 aromatic rings. The second-order valence-corrected chi connectivity index (χ2v) is 5.29. The molecule has 0 radical (unpaired) electrons. The summed E-state index contributed by atoms with van der Waals surface area (Å²) in [6, 6.07) is 12.8. The van der Waals surface area contributed by atoms with Gasteiger partial charge in [-0.2, -0.15) is 0 Å². The van der Waals surface area contributed by atoms with Crippen LogP contribution in [0.5, 0.6) is 0 Å². The second kappa shape index (κ2) is 7.45. The molecular formula is C18H21N3O2. The van der Waals surface area contributed by atoms with Crippen molar-refractivity contribution >= 4 is 17.6 Å². The number of benzene rings is 2. The van der Waals surface area contributed by atoms with Gasteiger partial charge in [0.15, 0.2) is 0 Å². The van der Waals surface area contributed by atoms with Gasteiger partial charge < -0.3 is 16.0 Å². The number of nitrogens with one attached hydrogen (secondary N) is 3. The Hall–Kier alpha value is -2.82. The lowest BCUT2D eigenvalue weighted by Gasteiger charge is -2.13. The number of urea groups is 1. The molecule has 0 saturated heterocycles. The van der Waals surface area contributed by atoms with Crippen molar-refractivity contribution in [3.8, 4) is 0 Å². The number of hydrogen-bond donors (Lipinski definition) is 3. The van der Waals surface area contributed by atoms with Crippen LogP contribution in [-0.4, -0.2) is 19.0 Å². The van der Waals surface area contributed by atoms with E-state index < -0.39 is 0 Å². The van der Waals surface area contributed by atoms with Gasteiger partial charge in [-0.25, -0.2) is 4.79 Å². The summed E-state index contributed by atoms with van der Waals surface area (Å²) < 4.78 is 0. The van der Waals surface area contributed by atoms with Gasteiger partial charge in [-0.1, -0.05) is 30.3 Å². The molecule has 2 aromatic carbocycles. The predicted octanol–water partition coefficient (Wildman–Crippen LogP) is 2.98. The van der Waals surface area contributed by atoms with Crippen LogP contribution in [0.2, 0.25) is 0 Å². The fourth-order valence-electron chi connectivity index (χ4n) is 2.30. The van der Waals surface area contributed by atoms with E-state index in [4.69, 9.17) is 0 Å². The molecular weight excluding hydrogens is 290 g/mol. The monoisotopic (exact) mass is 311 g/mol. The summed E-state index contributed by atoms with van der Waals surface area (Å²) in [7, 11) is 1.58.